The Morgan fingerprint density at radius 3 is 2.84 bits per heavy atom. The summed E-state index contributed by atoms with van der Waals surface area (Å²) in [6.07, 6.45) is 0.417. The molecular weight excluding hydrogens is 244 g/mol. The first-order chi connectivity index (χ1) is 9.02. The number of hydrogen-bond donors (Lipinski definition) is 1. The molecule has 0 fully saturated rings. The van der Waals surface area contributed by atoms with Crippen molar-refractivity contribution in [1.29, 1.82) is 0 Å². The zero-order valence-corrected chi connectivity index (χ0v) is 11.4. The fourth-order valence-corrected chi connectivity index (χ4v) is 2.06. The van der Waals surface area contributed by atoms with E-state index in [2.05, 4.69) is 5.32 Å². The van der Waals surface area contributed by atoms with Gasteiger partial charge >= 0.3 is 0 Å². The molecule has 2 amide bonds. The molecule has 1 aromatic rings. The highest BCUT2D eigenvalue weighted by Crippen LogP contribution is 2.35. The molecule has 0 bridgehead atoms. The lowest BCUT2D eigenvalue weighted by Crippen LogP contribution is -2.43. The summed E-state index contributed by atoms with van der Waals surface area (Å²) in [5.41, 5.74) is 1.38. The Labute approximate surface area is 112 Å². The van der Waals surface area contributed by atoms with Crippen molar-refractivity contribution in [3.05, 3.63) is 18.2 Å². The van der Waals surface area contributed by atoms with Crippen LogP contribution in [0.4, 0.5) is 11.4 Å². The van der Waals surface area contributed by atoms with Crippen molar-refractivity contribution in [2.75, 3.05) is 16.8 Å². The Hall–Kier alpha value is -2.04. The first kappa shape index (κ1) is 13.4. The van der Waals surface area contributed by atoms with E-state index in [1.807, 2.05) is 13.8 Å². The van der Waals surface area contributed by atoms with Crippen molar-refractivity contribution in [1.82, 2.24) is 0 Å². The second kappa shape index (κ2) is 5.30. The molecule has 1 aromatic carbocycles. The minimum absolute atomic E-state index is 0.0484. The molecule has 102 valence electrons. The van der Waals surface area contributed by atoms with E-state index in [1.165, 1.54) is 0 Å². The maximum absolute atomic E-state index is 11.9. The van der Waals surface area contributed by atoms with Gasteiger partial charge in [0.1, 0.15) is 5.75 Å². The quantitative estimate of drug-likeness (QED) is 0.908. The average Bonchev–Trinajstić information content (AvgIpc) is 2.37. The lowest BCUT2D eigenvalue weighted by molar-refractivity contribution is -0.121. The molecular formula is C14H18N2O3. The van der Waals surface area contributed by atoms with Crippen LogP contribution in [0.2, 0.25) is 0 Å². The predicted octanol–water partition coefficient (Wildman–Crippen LogP) is 2.17. The molecule has 1 aliphatic rings. The van der Waals surface area contributed by atoms with E-state index in [1.54, 1.807) is 30.0 Å². The zero-order valence-electron chi connectivity index (χ0n) is 11.4. The second-order valence-corrected chi connectivity index (χ2v) is 4.73. The van der Waals surface area contributed by atoms with Crippen LogP contribution in [0, 0.1) is 0 Å². The third kappa shape index (κ3) is 2.70. The summed E-state index contributed by atoms with van der Waals surface area (Å²) in [7, 11) is 0. The monoisotopic (exact) mass is 262 g/mol. The molecule has 0 aromatic heterocycles. The maximum Gasteiger partial charge on any atom is 0.265 e. The highest BCUT2D eigenvalue weighted by Gasteiger charge is 2.27. The van der Waals surface area contributed by atoms with Crippen molar-refractivity contribution in [2.45, 2.75) is 33.2 Å². The van der Waals surface area contributed by atoms with Gasteiger partial charge in [0.05, 0.1) is 5.69 Å². The Kier molecular flexibility index (Phi) is 3.74. The first-order valence-corrected chi connectivity index (χ1v) is 6.41. The van der Waals surface area contributed by atoms with E-state index in [9.17, 15) is 9.59 Å². The molecule has 0 aliphatic carbocycles. The number of ether oxygens (including phenoxy) is 1. The van der Waals surface area contributed by atoms with Crippen molar-refractivity contribution in [3.8, 4) is 5.75 Å². The molecule has 0 saturated heterocycles. The lowest BCUT2D eigenvalue weighted by Gasteiger charge is -2.32. The normalized spacial score (nSPS) is 14.1. The van der Waals surface area contributed by atoms with E-state index in [0.29, 0.717) is 23.5 Å². The molecule has 0 spiro atoms. The van der Waals surface area contributed by atoms with Gasteiger partial charge in [-0.25, -0.2) is 0 Å². The van der Waals surface area contributed by atoms with Gasteiger partial charge < -0.3 is 15.0 Å². The number of nitrogens with one attached hydrogen (secondary N) is 1. The van der Waals surface area contributed by atoms with Gasteiger partial charge in [0, 0.05) is 18.2 Å². The Morgan fingerprint density at radius 2 is 2.21 bits per heavy atom. The minimum atomic E-state index is -0.0681. The topological polar surface area (TPSA) is 58.6 Å². The third-order valence-corrected chi connectivity index (χ3v) is 2.96. The van der Waals surface area contributed by atoms with E-state index >= 15 is 0 Å². The van der Waals surface area contributed by atoms with Gasteiger partial charge in [-0.1, -0.05) is 6.92 Å². The molecule has 1 aliphatic heterocycles. The first-order valence-electron chi connectivity index (χ1n) is 6.41. The highest BCUT2D eigenvalue weighted by molar-refractivity contribution is 5.99. The van der Waals surface area contributed by atoms with E-state index < -0.39 is 0 Å². The number of anilines is 2. The summed E-state index contributed by atoms with van der Waals surface area (Å²) in [5, 5.41) is 2.78. The molecule has 0 radical (unpaired) electrons. The minimum Gasteiger partial charge on any atom is -0.482 e. The lowest BCUT2D eigenvalue weighted by atomic mass is 10.1. The van der Waals surface area contributed by atoms with Gasteiger partial charge in [0.2, 0.25) is 5.91 Å². The van der Waals surface area contributed by atoms with E-state index in [4.69, 9.17) is 4.74 Å². The van der Waals surface area contributed by atoms with Crippen LogP contribution in [0.15, 0.2) is 18.2 Å². The second-order valence-electron chi connectivity index (χ2n) is 4.73. The summed E-state index contributed by atoms with van der Waals surface area (Å²) in [4.78, 5) is 25.0. The standard InChI is InChI=1S/C14H18N2O3/c1-4-13(17)15-10-5-6-12-11(7-10)16(9(2)3)14(18)8-19-12/h5-7,9H,4,8H2,1-3H3,(H,15,17). The molecule has 1 heterocycles. The van der Waals surface area contributed by atoms with Gasteiger partial charge in [-0.3, -0.25) is 9.59 Å². The van der Waals surface area contributed by atoms with Crippen LogP contribution in [0.5, 0.6) is 5.75 Å². The van der Waals surface area contributed by atoms with E-state index in [0.717, 1.165) is 0 Å². The van der Waals surface area contributed by atoms with E-state index in [-0.39, 0.29) is 24.5 Å². The third-order valence-electron chi connectivity index (χ3n) is 2.96. The van der Waals surface area contributed by atoms with Gasteiger partial charge in [0.15, 0.2) is 6.61 Å². The highest BCUT2D eigenvalue weighted by atomic mass is 16.5. The smallest absolute Gasteiger partial charge is 0.265 e. The molecule has 5 heteroatoms. The van der Waals surface area contributed by atoms with Crippen molar-refractivity contribution >= 4 is 23.2 Å². The van der Waals surface area contributed by atoms with Gasteiger partial charge in [-0.15, -0.1) is 0 Å². The number of hydrogen-bond acceptors (Lipinski definition) is 3. The number of rotatable bonds is 3. The van der Waals surface area contributed by atoms with Crippen LogP contribution in [-0.2, 0) is 9.59 Å². The largest absolute Gasteiger partial charge is 0.482 e. The number of amides is 2. The van der Waals surface area contributed by atoms with Gasteiger partial charge in [-0.05, 0) is 32.0 Å². The average molecular weight is 262 g/mol. The molecule has 19 heavy (non-hydrogen) atoms. The van der Waals surface area contributed by atoms with Crippen LogP contribution in [-0.4, -0.2) is 24.5 Å². The molecule has 0 saturated carbocycles. The summed E-state index contributed by atoms with van der Waals surface area (Å²) >= 11 is 0. The fourth-order valence-electron chi connectivity index (χ4n) is 2.06. The summed E-state index contributed by atoms with van der Waals surface area (Å²) < 4.78 is 5.40. The number of benzene rings is 1. The van der Waals surface area contributed by atoms with Gasteiger partial charge in [-0.2, -0.15) is 0 Å². The number of carbonyl (C=O) groups excluding carboxylic acids is 2. The summed E-state index contributed by atoms with van der Waals surface area (Å²) in [6.45, 7) is 5.75. The van der Waals surface area contributed by atoms with Crippen LogP contribution in [0.25, 0.3) is 0 Å². The fraction of sp³-hybridized carbons (Fsp3) is 0.429. The molecule has 1 N–H and O–H groups in total. The van der Waals surface area contributed by atoms with Crippen LogP contribution in [0.3, 0.4) is 0 Å². The van der Waals surface area contributed by atoms with Crippen LogP contribution < -0.4 is 15.0 Å². The van der Waals surface area contributed by atoms with Crippen LogP contribution in [0.1, 0.15) is 27.2 Å². The summed E-state index contributed by atoms with van der Waals surface area (Å²) in [5.74, 6) is 0.545. The molecule has 0 atom stereocenters. The summed E-state index contributed by atoms with van der Waals surface area (Å²) in [6, 6.07) is 5.38. The predicted molar refractivity (Wildman–Crippen MR) is 73.5 cm³/mol. The van der Waals surface area contributed by atoms with Crippen molar-refractivity contribution < 1.29 is 14.3 Å². The van der Waals surface area contributed by atoms with Crippen molar-refractivity contribution in [2.24, 2.45) is 0 Å². The Bertz CT molecular complexity index is 511. The zero-order chi connectivity index (χ0) is 14.0. The molecule has 2 rings (SSSR count). The number of nitrogens with zero attached hydrogens (tertiary/aromatic N) is 1. The van der Waals surface area contributed by atoms with Crippen molar-refractivity contribution in [3.63, 3.8) is 0 Å². The Morgan fingerprint density at radius 1 is 1.47 bits per heavy atom. The number of carbonyl (C=O) groups is 2. The van der Waals surface area contributed by atoms with Gasteiger partial charge in [0.25, 0.3) is 5.91 Å². The number of fused-ring (bicyclic) bond motifs is 1. The SMILES string of the molecule is CCC(=O)Nc1ccc2c(c1)N(C(C)C)C(=O)CO2. The Balaban J connectivity index is 2.36. The molecule has 5 nitrogen and oxygen atoms in total. The molecule has 0 unspecified atom stereocenters. The van der Waals surface area contributed by atoms with Crippen LogP contribution >= 0.6 is 0 Å². The maximum atomic E-state index is 11.9.